The summed E-state index contributed by atoms with van der Waals surface area (Å²) in [6.45, 7) is 0.0454. The molecule has 6 nitrogen and oxygen atoms in total. The molecule has 0 atom stereocenters. The van der Waals surface area contributed by atoms with Crippen molar-refractivity contribution < 1.29 is 9.94 Å². The van der Waals surface area contributed by atoms with Gasteiger partial charge in [0.15, 0.2) is 10.1 Å². The summed E-state index contributed by atoms with van der Waals surface area (Å²) in [5, 5.41) is 19.0. The van der Waals surface area contributed by atoms with E-state index in [1.165, 1.54) is 11.3 Å². The monoisotopic (exact) mass is 316 g/mol. The van der Waals surface area contributed by atoms with E-state index in [0.29, 0.717) is 11.0 Å². The van der Waals surface area contributed by atoms with E-state index in [2.05, 4.69) is 15.6 Å². The molecule has 3 aromatic rings. The number of fused-ring (bicyclic) bond motifs is 1. The number of aliphatic hydroxyl groups is 1. The molecule has 0 saturated carbocycles. The number of aromatic nitrogens is 1. The Balaban J connectivity index is 1.89. The normalized spacial score (nSPS) is 10.7. The van der Waals surface area contributed by atoms with Crippen molar-refractivity contribution in [1.82, 2.24) is 4.98 Å². The molecule has 1 heterocycles. The fraction of sp³-hybridized carbons (Fsp3) is 0.133. The summed E-state index contributed by atoms with van der Waals surface area (Å²) >= 11 is 1.42. The van der Waals surface area contributed by atoms with Gasteiger partial charge in [-0.15, -0.1) is 0 Å². The number of hydrogen-bond donors (Lipinski definition) is 4. The molecule has 0 aliphatic rings. The highest BCUT2D eigenvalue weighted by molar-refractivity contribution is 7.19. The van der Waals surface area contributed by atoms with E-state index in [4.69, 9.17) is 10.7 Å². The summed E-state index contributed by atoms with van der Waals surface area (Å²) in [5.41, 5.74) is 1.82. The highest BCUT2D eigenvalue weighted by Crippen LogP contribution is 2.35. The first kappa shape index (κ1) is 14.6. The molecule has 7 heteroatoms. The topological polar surface area (TPSA) is 92.4 Å². The number of rotatable bonds is 5. The number of benzene rings is 2. The van der Waals surface area contributed by atoms with Gasteiger partial charge in [-0.25, -0.2) is 0 Å². The van der Waals surface area contributed by atoms with E-state index in [9.17, 15) is 5.11 Å². The zero-order valence-electron chi connectivity index (χ0n) is 12.0. The minimum absolute atomic E-state index is 0.0454. The first-order valence-electron chi connectivity index (χ1n) is 6.69. The summed E-state index contributed by atoms with van der Waals surface area (Å²) in [5.74, 6) is 5.55. The number of aliphatic hydroxyl groups excluding tert-OH is 1. The Labute approximate surface area is 131 Å². The summed E-state index contributed by atoms with van der Waals surface area (Å²) < 4.78 is 0. The summed E-state index contributed by atoms with van der Waals surface area (Å²) in [7, 11) is 1.79. The van der Waals surface area contributed by atoms with Crippen molar-refractivity contribution in [3.63, 3.8) is 0 Å². The molecule has 0 saturated heterocycles. The first-order chi connectivity index (χ1) is 10.7. The highest BCUT2D eigenvalue weighted by Gasteiger charge is 2.11. The quantitative estimate of drug-likeness (QED) is 0.541. The molecule has 5 N–H and O–H groups in total. The van der Waals surface area contributed by atoms with Crippen LogP contribution in [0.25, 0.3) is 10.8 Å². The molecule has 0 amide bonds. The van der Waals surface area contributed by atoms with Crippen LogP contribution in [0.15, 0.2) is 36.4 Å². The Hall–Kier alpha value is -2.35. The lowest BCUT2D eigenvalue weighted by Gasteiger charge is -2.05. The predicted molar refractivity (Wildman–Crippen MR) is 89.6 cm³/mol. The van der Waals surface area contributed by atoms with Crippen LogP contribution in [0.3, 0.4) is 0 Å². The number of hydrogen-bond acceptors (Lipinski definition) is 7. The molecule has 0 unspecified atom stereocenters. The van der Waals surface area contributed by atoms with Gasteiger partial charge in [-0.05, 0) is 34.5 Å². The van der Waals surface area contributed by atoms with Crippen LogP contribution in [0.1, 0.15) is 5.56 Å². The highest BCUT2D eigenvalue weighted by atomic mass is 32.1. The maximum atomic E-state index is 9.17. The van der Waals surface area contributed by atoms with E-state index in [-0.39, 0.29) is 6.61 Å². The van der Waals surface area contributed by atoms with Crippen LogP contribution in [0.4, 0.5) is 15.8 Å². The van der Waals surface area contributed by atoms with Crippen LogP contribution in [0, 0.1) is 0 Å². The second-order valence-corrected chi connectivity index (χ2v) is 5.70. The van der Waals surface area contributed by atoms with Gasteiger partial charge < -0.3 is 20.6 Å². The minimum Gasteiger partial charge on any atom is -0.392 e. The summed E-state index contributed by atoms with van der Waals surface area (Å²) in [4.78, 5) is 8.99. The minimum atomic E-state index is 0.0454. The Morgan fingerprint density at radius 3 is 2.68 bits per heavy atom. The van der Waals surface area contributed by atoms with E-state index in [0.717, 1.165) is 27.0 Å². The molecule has 2 aromatic carbocycles. The summed E-state index contributed by atoms with van der Waals surface area (Å²) in [6, 6.07) is 11.9. The smallest absolute Gasteiger partial charge is 0.274 e. The average molecular weight is 316 g/mol. The molecule has 0 bridgehead atoms. The van der Waals surface area contributed by atoms with Crippen molar-refractivity contribution >= 4 is 37.9 Å². The molecular formula is C15H16N4O2S. The lowest BCUT2D eigenvalue weighted by Crippen LogP contribution is -2.04. The second-order valence-electron chi connectivity index (χ2n) is 4.70. The Bertz CT molecular complexity index is 782. The van der Waals surface area contributed by atoms with E-state index >= 15 is 0 Å². The maximum Gasteiger partial charge on any atom is 0.274 e. The molecule has 0 spiro atoms. The Morgan fingerprint density at radius 1 is 1.23 bits per heavy atom. The maximum absolute atomic E-state index is 9.17. The fourth-order valence-corrected chi connectivity index (χ4v) is 2.97. The van der Waals surface area contributed by atoms with Crippen molar-refractivity contribution in [3.8, 4) is 5.88 Å². The van der Waals surface area contributed by atoms with E-state index in [1.807, 2.05) is 36.4 Å². The van der Waals surface area contributed by atoms with Gasteiger partial charge in [0.25, 0.3) is 5.88 Å². The van der Waals surface area contributed by atoms with Crippen molar-refractivity contribution in [2.45, 2.75) is 6.61 Å². The van der Waals surface area contributed by atoms with Crippen LogP contribution in [0.5, 0.6) is 5.88 Å². The molecule has 3 rings (SSSR count). The zero-order valence-corrected chi connectivity index (χ0v) is 12.8. The second kappa shape index (κ2) is 6.18. The van der Waals surface area contributed by atoms with Gasteiger partial charge in [-0.1, -0.05) is 29.5 Å². The fourth-order valence-electron chi connectivity index (χ4n) is 2.19. The molecule has 1 aromatic heterocycles. The SMILES string of the molecule is CNc1sc(Nc2ccc3cc(CO)ccc3c2)nc1ON. The van der Waals surface area contributed by atoms with Crippen molar-refractivity contribution in [1.29, 1.82) is 0 Å². The Kier molecular flexibility index (Phi) is 4.10. The van der Waals surface area contributed by atoms with Gasteiger partial charge in [-0.2, -0.15) is 10.9 Å². The number of anilines is 3. The molecule has 0 aliphatic carbocycles. The lowest BCUT2D eigenvalue weighted by molar-refractivity contribution is 0.282. The number of thiazole rings is 1. The molecule has 0 aliphatic heterocycles. The van der Waals surface area contributed by atoms with Crippen molar-refractivity contribution in [2.75, 3.05) is 17.7 Å². The average Bonchev–Trinajstić information content (AvgIpc) is 2.96. The van der Waals surface area contributed by atoms with Gasteiger partial charge in [-0.3, -0.25) is 0 Å². The van der Waals surface area contributed by atoms with Crippen LogP contribution >= 0.6 is 11.3 Å². The summed E-state index contributed by atoms with van der Waals surface area (Å²) in [6.07, 6.45) is 0. The lowest BCUT2D eigenvalue weighted by atomic mass is 10.1. The standard InChI is InChI=1S/C15H16N4O2S/c1-17-14-13(21-16)19-15(22-14)18-12-5-4-10-6-9(8-20)2-3-11(10)7-12/h2-7,17,20H,8,16H2,1H3,(H,18,19). The third kappa shape index (κ3) is 2.82. The molecule has 22 heavy (non-hydrogen) atoms. The molecular weight excluding hydrogens is 300 g/mol. The third-order valence-electron chi connectivity index (χ3n) is 3.27. The first-order valence-corrected chi connectivity index (χ1v) is 7.51. The molecule has 0 fully saturated rings. The van der Waals surface area contributed by atoms with Crippen LogP contribution in [0.2, 0.25) is 0 Å². The van der Waals surface area contributed by atoms with Crippen LogP contribution in [-0.4, -0.2) is 17.1 Å². The van der Waals surface area contributed by atoms with Gasteiger partial charge in [0.2, 0.25) is 0 Å². The van der Waals surface area contributed by atoms with Crippen LogP contribution in [-0.2, 0) is 6.61 Å². The van der Waals surface area contributed by atoms with E-state index in [1.54, 1.807) is 7.05 Å². The number of nitrogens with two attached hydrogens (primary N) is 1. The van der Waals surface area contributed by atoms with Crippen molar-refractivity contribution in [3.05, 3.63) is 42.0 Å². The zero-order chi connectivity index (χ0) is 15.5. The van der Waals surface area contributed by atoms with Crippen molar-refractivity contribution in [2.24, 2.45) is 5.90 Å². The predicted octanol–water partition coefficient (Wildman–Crippen LogP) is 2.83. The largest absolute Gasteiger partial charge is 0.392 e. The van der Waals surface area contributed by atoms with Gasteiger partial charge >= 0.3 is 0 Å². The number of nitrogens with one attached hydrogen (secondary N) is 2. The van der Waals surface area contributed by atoms with Gasteiger partial charge in [0.1, 0.15) is 0 Å². The van der Waals surface area contributed by atoms with Gasteiger partial charge in [0.05, 0.1) is 6.61 Å². The number of nitrogens with zero attached hydrogens (tertiary/aromatic N) is 1. The Morgan fingerprint density at radius 2 is 2.00 bits per heavy atom. The molecule has 114 valence electrons. The third-order valence-corrected chi connectivity index (χ3v) is 4.24. The van der Waals surface area contributed by atoms with Gasteiger partial charge in [0, 0.05) is 12.7 Å². The van der Waals surface area contributed by atoms with Crippen LogP contribution < -0.4 is 21.4 Å². The molecule has 0 radical (unpaired) electrons. The van der Waals surface area contributed by atoms with E-state index < -0.39 is 0 Å².